The van der Waals surface area contributed by atoms with Crippen molar-refractivity contribution >= 4 is 11.9 Å². The highest BCUT2D eigenvalue weighted by Crippen LogP contribution is 2.22. The number of aromatic amines is 1. The molecule has 1 atom stereocenters. The Morgan fingerprint density at radius 1 is 1.29 bits per heavy atom. The van der Waals surface area contributed by atoms with Gasteiger partial charge in [0.15, 0.2) is 0 Å². The number of rotatable bonds is 5. The van der Waals surface area contributed by atoms with E-state index in [-0.39, 0.29) is 18.2 Å². The van der Waals surface area contributed by atoms with E-state index in [2.05, 4.69) is 15.3 Å². The quantitative estimate of drug-likeness (QED) is 0.772. The zero-order valence-electron chi connectivity index (χ0n) is 12.2. The highest BCUT2D eigenvalue weighted by molar-refractivity contribution is 5.85. The number of hydrogen-bond donors (Lipinski definition) is 3. The van der Waals surface area contributed by atoms with Gasteiger partial charge >= 0.3 is 5.97 Å². The lowest BCUT2D eigenvalue weighted by Crippen LogP contribution is -2.45. The Morgan fingerprint density at radius 3 is 2.52 bits per heavy atom. The number of nitrogens with zero attached hydrogens (tertiary/aromatic N) is 1. The molecular weight excluding hydrogens is 270 g/mol. The first-order chi connectivity index (χ1) is 10.2. The number of aliphatic carboxylic acids is 1. The molecule has 6 nitrogen and oxygen atoms in total. The number of carboxylic acid groups (broad SMARTS) is 1. The predicted octanol–water partition coefficient (Wildman–Crippen LogP) is 1.88. The van der Waals surface area contributed by atoms with Crippen LogP contribution in [0.25, 0.3) is 0 Å². The van der Waals surface area contributed by atoms with Crippen LogP contribution in [0.1, 0.15) is 50.6 Å². The molecule has 116 valence electrons. The predicted molar refractivity (Wildman–Crippen MR) is 77.7 cm³/mol. The lowest BCUT2D eigenvalue weighted by atomic mass is 9.90. The smallest absolute Gasteiger partial charge is 0.326 e. The average Bonchev–Trinajstić information content (AvgIpc) is 2.90. The third-order valence-electron chi connectivity index (χ3n) is 4.07. The molecule has 21 heavy (non-hydrogen) atoms. The molecule has 3 N–H and O–H groups in total. The van der Waals surface area contributed by atoms with Crippen molar-refractivity contribution in [3.05, 3.63) is 18.2 Å². The van der Waals surface area contributed by atoms with Crippen molar-refractivity contribution in [2.45, 2.75) is 57.4 Å². The van der Waals surface area contributed by atoms with Crippen LogP contribution < -0.4 is 5.32 Å². The van der Waals surface area contributed by atoms with Crippen LogP contribution in [0.4, 0.5) is 0 Å². The number of amides is 1. The van der Waals surface area contributed by atoms with Crippen molar-refractivity contribution in [2.24, 2.45) is 5.92 Å². The maximum atomic E-state index is 12.3. The zero-order valence-corrected chi connectivity index (χ0v) is 12.2. The standard InChI is InChI=1S/C15H23N3O3/c19-14(11-6-4-2-1-3-5-7-11)18-13(15(20)21)8-12-9-16-10-17-12/h9-11,13H,1-8H2,(H,16,17)(H,18,19)(H,20,21). The minimum Gasteiger partial charge on any atom is -0.480 e. The Kier molecular flexibility index (Phi) is 5.78. The summed E-state index contributed by atoms with van der Waals surface area (Å²) in [4.78, 5) is 30.4. The molecule has 1 heterocycles. The van der Waals surface area contributed by atoms with E-state index in [1.54, 1.807) is 6.20 Å². The van der Waals surface area contributed by atoms with Crippen molar-refractivity contribution in [2.75, 3.05) is 0 Å². The van der Waals surface area contributed by atoms with Gasteiger partial charge in [-0.3, -0.25) is 4.79 Å². The Labute approximate surface area is 124 Å². The van der Waals surface area contributed by atoms with Gasteiger partial charge in [0.25, 0.3) is 0 Å². The number of carbonyl (C=O) groups excluding carboxylic acids is 1. The van der Waals surface area contributed by atoms with Crippen LogP contribution in [0, 0.1) is 5.92 Å². The lowest BCUT2D eigenvalue weighted by Gasteiger charge is -2.21. The Bertz CT molecular complexity index is 451. The Balaban J connectivity index is 1.91. The first-order valence-electron chi connectivity index (χ1n) is 7.67. The minimum atomic E-state index is -1.01. The maximum Gasteiger partial charge on any atom is 0.326 e. The van der Waals surface area contributed by atoms with Crippen molar-refractivity contribution in [3.8, 4) is 0 Å². The molecule has 1 unspecified atom stereocenters. The molecule has 1 fully saturated rings. The van der Waals surface area contributed by atoms with Gasteiger partial charge < -0.3 is 15.4 Å². The van der Waals surface area contributed by atoms with Gasteiger partial charge in [-0.15, -0.1) is 0 Å². The molecule has 0 radical (unpaired) electrons. The minimum absolute atomic E-state index is 0.0473. The van der Waals surface area contributed by atoms with E-state index < -0.39 is 12.0 Å². The molecule has 1 saturated carbocycles. The van der Waals surface area contributed by atoms with E-state index in [9.17, 15) is 14.7 Å². The SMILES string of the molecule is O=C(NC(Cc1cnc[nH]1)C(=O)O)C1CCCCCCC1. The third kappa shape index (κ3) is 4.88. The summed E-state index contributed by atoms with van der Waals surface area (Å²) in [6.45, 7) is 0. The normalized spacial score (nSPS) is 18.5. The van der Waals surface area contributed by atoms with Gasteiger partial charge in [0, 0.05) is 24.2 Å². The van der Waals surface area contributed by atoms with Gasteiger partial charge in [0.1, 0.15) is 6.04 Å². The fourth-order valence-corrected chi connectivity index (χ4v) is 2.82. The summed E-state index contributed by atoms with van der Waals surface area (Å²) in [5.74, 6) is -1.18. The van der Waals surface area contributed by atoms with Crippen LogP contribution in [0.5, 0.6) is 0 Å². The van der Waals surface area contributed by atoms with Gasteiger partial charge in [0.05, 0.1) is 6.33 Å². The molecule has 2 rings (SSSR count). The largest absolute Gasteiger partial charge is 0.480 e. The van der Waals surface area contributed by atoms with Gasteiger partial charge in [-0.1, -0.05) is 32.1 Å². The molecule has 6 heteroatoms. The summed E-state index contributed by atoms with van der Waals surface area (Å²) >= 11 is 0. The van der Waals surface area contributed by atoms with E-state index in [4.69, 9.17) is 0 Å². The fourth-order valence-electron chi connectivity index (χ4n) is 2.82. The summed E-state index contributed by atoms with van der Waals surface area (Å²) < 4.78 is 0. The lowest BCUT2D eigenvalue weighted by molar-refractivity contribution is -0.142. The van der Waals surface area contributed by atoms with Crippen LogP contribution in [0.15, 0.2) is 12.5 Å². The molecule has 1 amide bonds. The first kappa shape index (κ1) is 15.5. The average molecular weight is 293 g/mol. The van der Waals surface area contributed by atoms with E-state index >= 15 is 0 Å². The number of H-pyrrole nitrogens is 1. The van der Waals surface area contributed by atoms with Crippen LogP contribution in [0.2, 0.25) is 0 Å². The Morgan fingerprint density at radius 2 is 1.95 bits per heavy atom. The van der Waals surface area contributed by atoms with E-state index in [0.717, 1.165) is 25.7 Å². The molecule has 0 saturated heterocycles. The summed E-state index contributed by atoms with van der Waals surface area (Å²) in [5, 5.41) is 12.0. The molecule has 0 aliphatic heterocycles. The topological polar surface area (TPSA) is 95.1 Å². The van der Waals surface area contributed by atoms with Crippen LogP contribution >= 0.6 is 0 Å². The van der Waals surface area contributed by atoms with Gasteiger partial charge in [-0.25, -0.2) is 9.78 Å². The zero-order chi connectivity index (χ0) is 15.1. The number of aromatic nitrogens is 2. The van der Waals surface area contributed by atoms with Gasteiger partial charge in [-0.2, -0.15) is 0 Å². The molecular formula is C15H23N3O3. The number of imidazole rings is 1. The molecule has 1 aromatic heterocycles. The maximum absolute atomic E-state index is 12.3. The van der Waals surface area contributed by atoms with Crippen LogP contribution in [-0.2, 0) is 16.0 Å². The van der Waals surface area contributed by atoms with E-state index in [1.165, 1.54) is 25.6 Å². The molecule has 0 bridgehead atoms. The number of hydrogen-bond acceptors (Lipinski definition) is 3. The van der Waals surface area contributed by atoms with Crippen molar-refractivity contribution in [1.29, 1.82) is 0 Å². The molecule has 0 spiro atoms. The highest BCUT2D eigenvalue weighted by Gasteiger charge is 2.26. The fraction of sp³-hybridized carbons (Fsp3) is 0.667. The number of nitrogens with one attached hydrogen (secondary N) is 2. The monoisotopic (exact) mass is 293 g/mol. The second-order valence-corrected chi connectivity index (χ2v) is 5.72. The first-order valence-corrected chi connectivity index (χ1v) is 7.67. The third-order valence-corrected chi connectivity index (χ3v) is 4.07. The van der Waals surface area contributed by atoms with Crippen molar-refractivity contribution in [3.63, 3.8) is 0 Å². The Hall–Kier alpha value is -1.85. The van der Waals surface area contributed by atoms with E-state index in [1.807, 2.05) is 0 Å². The molecule has 1 aliphatic carbocycles. The van der Waals surface area contributed by atoms with Gasteiger partial charge in [0.2, 0.25) is 5.91 Å². The summed E-state index contributed by atoms with van der Waals surface area (Å²) in [6.07, 6.45) is 10.7. The molecule has 1 aliphatic rings. The second-order valence-electron chi connectivity index (χ2n) is 5.72. The highest BCUT2D eigenvalue weighted by atomic mass is 16.4. The molecule has 1 aromatic rings. The summed E-state index contributed by atoms with van der Waals surface area (Å²) in [7, 11) is 0. The van der Waals surface area contributed by atoms with Crippen molar-refractivity contribution in [1.82, 2.24) is 15.3 Å². The van der Waals surface area contributed by atoms with Crippen LogP contribution in [-0.4, -0.2) is 33.0 Å². The molecule has 0 aromatic carbocycles. The van der Waals surface area contributed by atoms with Gasteiger partial charge in [-0.05, 0) is 12.8 Å². The van der Waals surface area contributed by atoms with Crippen LogP contribution in [0.3, 0.4) is 0 Å². The second kappa shape index (κ2) is 7.81. The summed E-state index contributed by atoms with van der Waals surface area (Å²) in [6, 6.07) is -0.900. The van der Waals surface area contributed by atoms with Crippen molar-refractivity contribution < 1.29 is 14.7 Å². The summed E-state index contributed by atoms with van der Waals surface area (Å²) in [5.41, 5.74) is 0.709. The van der Waals surface area contributed by atoms with E-state index in [0.29, 0.717) is 5.69 Å². The number of carbonyl (C=O) groups is 2. The number of carboxylic acids is 1.